The van der Waals surface area contributed by atoms with Crippen molar-refractivity contribution < 1.29 is 0 Å². The first-order chi connectivity index (χ1) is 8.79. The first-order valence-electron chi connectivity index (χ1n) is 6.26. The van der Waals surface area contributed by atoms with E-state index >= 15 is 0 Å². The number of H-pyrrole nitrogens is 1. The lowest BCUT2D eigenvalue weighted by Crippen LogP contribution is -2.14. The molecule has 3 heteroatoms. The summed E-state index contributed by atoms with van der Waals surface area (Å²) in [6.45, 7) is 5.93. The van der Waals surface area contributed by atoms with Crippen LogP contribution in [0.2, 0.25) is 0 Å². The third-order valence-electron chi connectivity index (χ3n) is 2.91. The van der Waals surface area contributed by atoms with Crippen LogP contribution in [0.4, 0.5) is 5.69 Å². The van der Waals surface area contributed by atoms with Gasteiger partial charge in [-0.1, -0.05) is 18.2 Å². The average Bonchev–Trinajstić information content (AvgIpc) is 2.91. The van der Waals surface area contributed by atoms with Crippen molar-refractivity contribution in [2.24, 2.45) is 0 Å². The minimum atomic E-state index is 0.459. The topological polar surface area (TPSA) is 40.7 Å². The molecule has 1 unspecified atom stereocenters. The molecule has 18 heavy (non-hydrogen) atoms. The van der Waals surface area contributed by atoms with Gasteiger partial charge in [0.05, 0.1) is 18.2 Å². The lowest BCUT2D eigenvalue weighted by atomic mass is 10.1. The van der Waals surface area contributed by atoms with Gasteiger partial charge in [-0.15, -0.1) is 6.58 Å². The Balaban J connectivity index is 1.97. The number of anilines is 1. The number of hydrogen-bond donors (Lipinski definition) is 2. The predicted octanol–water partition coefficient (Wildman–Crippen LogP) is 3.84. The van der Waals surface area contributed by atoms with E-state index in [-0.39, 0.29) is 0 Å². The van der Waals surface area contributed by atoms with E-state index in [1.54, 1.807) is 6.33 Å². The molecule has 0 saturated heterocycles. The van der Waals surface area contributed by atoms with Crippen LogP contribution in [0.3, 0.4) is 0 Å². The Morgan fingerprint density at radius 3 is 2.78 bits per heavy atom. The fraction of sp³-hybridized carbons (Fsp3) is 0.267. The third-order valence-corrected chi connectivity index (χ3v) is 2.91. The molecule has 0 fully saturated rings. The Hall–Kier alpha value is -2.03. The second kappa shape index (κ2) is 6.05. The third kappa shape index (κ3) is 3.23. The van der Waals surface area contributed by atoms with Gasteiger partial charge in [0.25, 0.3) is 0 Å². The zero-order valence-electron chi connectivity index (χ0n) is 10.7. The summed E-state index contributed by atoms with van der Waals surface area (Å²) < 4.78 is 0. The van der Waals surface area contributed by atoms with E-state index in [9.17, 15) is 0 Å². The summed E-state index contributed by atoms with van der Waals surface area (Å²) in [4.78, 5) is 7.12. The van der Waals surface area contributed by atoms with Crippen molar-refractivity contribution in [1.29, 1.82) is 0 Å². The van der Waals surface area contributed by atoms with Crippen LogP contribution >= 0.6 is 0 Å². The summed E-state index contributed by atoms with van der Waals surface area (Å²) in [6, 6.07) is 8.84. The maximum absolute atomic E-state index is 4.02. The largest absolute Gasteiger partial charge is 0.383 e. The van der Waals surface area contributed by atoms with Crippen molar-refractivity contribution in [1.82, 2.24) is 9.97 Å². The van der Waals surface area contributed by atoms with E-state index in [1.165, 1.54) is 0 Å². The van der Waals surface area contributed by atoms with E-state index in [0.29, 0.717) is 6.04 Å². The number of hydrogen-bond acceptors (Lipinski definition) is 2. The van der Waals surface area contributed by atoms with Crippen LogP contribution in [-0.2, 0) is 0 Å². The number of rotatable bonds is 6. The molecule has 0 spiro atoms. The normalized spacial score (nSPS) is 12.1. The maximum atomic E-state index is 4.02. The van der Waals surface area contributed by atoms with Crippen LogP contribution in [0, 0.1) is 0 Å². The van der Waals surface area contributed by atoms with Gasteiger partial charge in [0.15, 0.2) is 0 Å². The number of allylic oxidation sites excluding steroid dienone is 1. The van der Waals surface area contributed by atoms with Crippen molar-refractivity contribution in [3.8, 4) is 11.3 Å². The molecule has 0 radical (unpaired) electrons. The summed E-state index contributed by atoms with van der Waals surface area (Å²) in [5.41, 5.74) is 3.34. The summed E-state index contributed by atoms with van der Waals surface area (Å²) in [5.74, 6) is 0. The SMILES string of the molecule is C=CCCC(C)Nc1ccc(-c2cnc[nH]2)cc1. The van der Waals surface area contributed by atoms with E-state index in [2.05, 4.69) is 53.1 Å². The Kier molecular flexibility index (Phi) is 4.18. The Labute approximate surface area is 108 Å². The smallest absolute Gasteiger partial charge is 0.0924 e. The molecule has 2 N–H and O–H groups in total. The van der Waals surface area contributed by atoms with Crippen LogP contribution in [0.15, 0.2) is 49.4 Å². The highest BCUT2D eigenvalue weighted by atomic mass is 14.9. The number of aromatic amines is 1. The fourth-order valence-electron chi connectivity index (χ4n) is 1.88. The molecular formula is C15H19N3. The predicted molar refractivity (Wildman–Crippen MR) is 76.5 cm³/mol. The van der Waals surface area contributed by atoms with Crippen LogP contribution in [0.25, 0.3) is 11.3 Å². The fourth-order valence-corrected chi connectivity index (χ4v) is 1.88. The number of aromatic nitrogens is 2. The molecule has 2 rings (SSSR count). The van der Waals surface area contributed by atoms with Crippen molar-refractivity contribution in [2.75, 3.05) is 5.32 Å². The molecule has 0 amide bonds. The van der Waals surface area contributed by atoms with Crippen LogP contribution < -0.4 is 5.32 Å². The molecule has 0 aliphatic carbocycles. The minimum absolute atomic E-state index is 0.459. The second-order valence-electron chi connectivity index (χ2n) is 4.45. The molecule has 3 nitrogen and oxygen atoms in total. The van der Waals surface area contributed by atoms with Gasteiger partial charge < -0.3 is 10.3 Å². The van der Waals surface area contributed by atoms with E-state index in [1.807, 2.05) is 12.3 Å². The molecule has 0 bridgehead atoms. The van der Waals surface area contributed by atoms with Gasteiger partial charge in [-0.05, 0) is 37.5 Å². The molecular weight excluding hydrogens is 222 g/mol. The monoisotopic (exact) mass is 241 g/mol. The van der Waals surface area contributed by atoms with Crippen LogP contribution in [0.5, 0.6) is 0 Å². The zero-order chi connectivity index (χ0) is 12.8. The van der Waals surface area contributed by atoms with Gasteiger partial charge in [0.2, 0.25) is 0 Å². The zero-order valence-corrected chi connectivity index (χ0v) is 10.7. The number of imidazole rings is 1. The van der Waals surface area contributed by atoms with Crippen molar-refractivity contribution in [2.45, 2.75) is 25.8 Å². The van der Waals surface area contributed by atoms with Gasteiger partial charge in [0.1, 0.15) is 0 Å². The Bertz CT molecular complexity index is 471. The van der Waals surface area contributed by atoms with Crippen molar-refractivity contribution >= 4 is 5.69 Å². The number of nitrogens with zero attached hydrogens (tertiary/aromatic N) is 1. The molecule has 0 aliphatic rings. The average molecular weight is 241 g/mol. The summed E-state index contributed by atoms with van der Waals surface area (Å²) in [6.07, 6.45) is 7.62. The van der Waals surface area contributed by atoms with Gasteiger partial charge in [-0.3, -0.25) is 0 Å². The molecule has 0 saturated carbocycles. The standard InChI is InChI=1S/C15H19N3/c1-3-4-5-12(2)18-14-8-6-13(7-9-14)15-10-16-11-17-15/h3,6-12,18H,1,4-5H2,2H3,(H,16,17). The molecule has 1 aromatic carbocycles. The maximum Gasteiger partial charge on any atom is 0.0924 e. The highest BCUT2D eigenvalue weighted by Gasteiger charge is 2.02. The molecule has 2 aromatic rings. The van der Waals surface area contributed by atoms with Gasteiger partial charge >= 0.3 is 0 Å². The Morgan fingerprint density at radius 2 is 2.17 bits per heavy atom. The highest BCUT2D eigenvalue weighted by Crippen LogP contribution is 2.19. The minimum Gasteiger partial charge on any atom is -0.383 e. The van der Waals surface area contributed by atoms with Gasteiger partial charge in [0, 0.05) is 11.7 Å². The number of benzene rings is 1. The second-order valence-corrected chi connectivity index (χ2v) is 4.45. The molecule has 1 heterocycles. The quantitative estimate of drug-likeness (QED) is 0.754. The first kappa shape index (κ1) is 12.4. The lowest BCUT2D eigenvalue weighted by molar-refractivity contribution is 0.719. The number of nitrogens with one attached hydrogen (secondary N) is 2. The van der Waals surface area contributed by atoms with E-state index in [4.69, 9.17) is 0 Å². The summed E-state index contributed by atoms with van der Waals surface area (Å²) in [5, 5.41) is 3.48. The molecule has 1 atom stereocenters. The molecule has 1 aromatic heterocycles. The first-order valence-corrected chi connectivity index (χ1v) is 6.26. The van der Waals surface area contributed by atoms with Crippen LogP contribution in [0.1, 0.15) is 19.8 Å². The lowest BCUT2D eigenvalue weighted by Gasteiger charge is -2.14. The molecule has 0 aliphatic heterocycles. The van der Waals surface area contributed by atoms with Crippen LogP contribution in [-0.4, -0.2) is 16.0 Å². The van der Waals surface area contributed by atoms with Crippen molar-refractivity contribution in [3.63, 3.8) is 0 Å². The summed E-state index contributed by atoms with van der Waals surface area (Å²) >= 11 is 0. The molecule has 94 valence electrons. The van der Waals surface area contributed by atoms with Gasteiger partial charge in [-0.25, -0.2) is 4.98 Å². The van der Waals surface area contributed by atoms with E-state index in [0.717, 1.165) is 29.8 Å². The van der Waals surface area contributed by atoms with Gasteiger partial charge in [-0.2, -0.15) is 0 Å². The summed E-state index contributed by atoms with van der Waals surface area (Å²) in [7, 11) is 0. The van der Waals surface area contributed by atoms with Crippen molar-refractivity contribution in [3.05, 3.63) is 49.4 Å². The van der Waals surface area contributed by atoms with E-state index < -0.39 is 0 Å². The highest BCUT2D eigenvalue weighted by molar-refractivity contribution is 5.62. The Morgan fingerprint density at radius 1 is 1.39 bits per heavy atom.